The predicted molar refractivity (Wildman–Crippen MR) is 189 cm³/mol. The Bertz CT molecular complexity index is 2230. The quantitative estimate of drug-likeness (QED) is 0.203. The highest BCUT2D eigenvalue weighted by molar-refractivity contribution is 7.21. The lowest BCUT2D eigenvalue weighted by Gasteiger charge is -2.12. The van der Waals surface area contributed by atoms with Crippen LogP contribution in [0.5, 0.6) is 0 Å². The van der Waals surface area contributed by atoms with Crippen molar-refractivity contribution in [1.82, 2.24) is 19.5 Å². The third kappa shape index (κ3) is 4.93. The van der Waals surface area contributed by atoms with E-state index in [1.54, 1.807) is 0 Å². The normalized spacial score (nSPS) is 15.2. The Morgan fingerprint density at radius 3 is 1.91 bits per heavy atom. The van der Waals surface area contributed by atoms with E-state index in [2.05, 4.69) is 96.1 Å². The molecule has 3 aromatic heterocycles. The molecule has 0 unspecified atom stereocenters. The first-order valence-electron chi connectivity index (χ1n) is 15.0. The van der Waals surface area contributed by atoms with Crippen LogP contribution >= 0.6 is 11.3 Å². The van der Waals surface area contributed by atoms with Gasteiger partial charge >= 0.3 is 0 Å². The minimum Gasteiger partial charge on any atom is -0.308 e. The molecule has 0 aliphatic heterocycles. The molecule has 0 bridgehead atoms. The number of hydrogen-bond acceptors (Lipinski definition) is 4. The van der Waals surface area contributed by atoms with Crippen LogP contribution in [0.1, 0.15) is 16.9 Å². The molecule has 4 aromatic carbocycles. The van der Waals surface area contributed by atoms with Gasteiger partial charge in [0.2, 0.25) is 0 Å². The summed E-state index contributed by atoms with van der Waals surface area (Å²) >= 11 is 1.82. The fourth-order valence-corrected chi connectivity index (χ4v) is 7.17. The minimum absolute atomic E-state index is 0.638. The van der Waals surface area contributed by atoms with Crippen molar-refractivity contribution in [1.29, 1.82) is 0 Å². The number of fused-ring (bicyclic) bond motifs is 5. The average molecular weight is 597 g/mol. The second-order valence-corrected chi connectivity index (χ2v) is 12.0. The van der Waals surface area contributed by atoms with Crippen molar-refractivity contribution in [2.75, 3.05) is 0 Å². The first-order valence-corrected chi connectivity index (χ1v) is 15.8. The lowest BCUT2D eigenvalue weighted by Crippen LogP contribution is -2.00. The molecule has 0 spiro atoms. The average Bonchev–Trinajstić information content (AvgIpc) is 3.62. The standard InChI is InChI=1S/C40H28N4S/c1-27-16-8-3-2-4-15-23-34-35(27)36-37(45-34)32-25-24-30(26-33(32)44(36)31-21-13-7-14-22-31)40-42-38(28-17-9-5-10-18-28)41-39(43-40)29-19-11-6-12-20-29/h2-3,5-26H,1,4H2/b3-2-,16-8-,23-15-. The summed E-state index contributed by atoms with van der Waals surface area (Å²) in [7, 11) is 0. The lowest BCUT2D eigenvalue weighted by atomic mass is 10.0. The molecule has 5 heteroatoms. The fraction of sp³-hybridized carbons (Fsp3) is 0.0250. The van der Waals surface area contributed by atoms with E-state index in [4.69, 9.17) is 15.0 Å². The number of benzene rings is 4. The van der Waals surface area contributed by atoms with Crippen LogP contribution in [0.2, 0.25) is 0 Å². The van der Waals surface area contributed by atoms with Crippen LogP contribution in [-0.4, -0.2) is 19.5 Å². The summed E-state index contributed by atoms with van der Waals surface area (Å²) in [5.41, 5.74) is 8.36. The molecule has 4 nitrogen and oxygen atoms in total. The van der Waals surface area contributed by atoms with Gasteiger partial charge in [0.1, 0.15) is 0 Å². The summed E-state index contributed by atoms with van der Waals surface area (Å²) in [5, 5.41) is 1.19. The van der Waals surface area contributed by atoms with Gasteiger partial charge in [0, 0.05) is 38.2 Å². The van der Waals surface area contributed by atoms with Crippen molar-refractivity contribution in [2.24, 2.45) is 0 Å². The summed E-state index contributed by atoms with van der Waals surface area (Å²) < 4.78 is 3.61. The molecular formula is C40H28N4S. The molecule has 1 aliphatic carbocycles. The predicted octanol–water partition coefficient (Wildman–Crippen LogP) is 10.6. The summed E-state index contributed by atoms with van der Waals surface area (Å²) in [6, 6.07) is 37.3. The van der Waals surface area contributed by atoms with Gasteiger partial charge in [-0.15, -0.1) is 11.3 Å². The Morgan fingerprint density at radius 1 is 0.622 bits per heavy atom. The highest BCUT2D eigenvalue weighted by Crippen LogP contribution is 2.45. The number of thiophene rings is 1. The summed E-state index contributed by atoms with van der Waals surface area (Å²) in [6.45, 7) is 4.51. The van der Waals surface area contributed by atoms with Gasteiger partial charge in [-0.2, -0.15) is 0 Å². The molecule has 0 N–H and O–H groups in total. The van der Waals surface area contributed by atoms with Gasteiger partial charge in [-0.05, 0) is 36.3 Å². The molecule has 3 heterocycles. The maximum Gasteiger partial charge on any atom is 0.164 e. The summed E-state index contributed by atoms with van der Waals surface area (Å²) in [5.74, 6) is 1.94. The smallest absolute Gasteiger partial charge is 0.164 e. The van der Waals surface area contributed by atoms with Crippen LogP contribution in [0.15, 0.2) is 146 Å². The number of allylic oxidation sites excluding steroid dienone is 6. The molecule has 1 aliphatic rings. The Balaban J connectivity index is 1.40. The Hall–Kier alpha value is -5.65. The van der Waals surface area contributed by atoms with Crippen molar-refractivity contribution in [3.05, 3.63) is 157 Å². The van der Waals surface area contributed by atoms with Crippen molar-refractivity contribution < 1.29 is 0 Å². The van der Waals surface area contributed by atoms with Crippen molar-refractivity contribution >= 4 is 44.1 Å². The highest BCUT2D eigenvalue weighted by Gasteiger charge is 2.23. The topological polar surface area (TPSA) is 43.6 Å². The zero-order valence-electron chi connectivity index (χ0n) is 24.5. The minimum atomic E-state index is 0.638. The molecule has 214 valence electrons. The van der Waals surface area contributed by atoms with E-state index in [0.29, 0.717) is 17.5 Å². The Morgan fingerprint density at radius 2 is 1.24 bits per heavy atom. The second kappa shape index (κ2) is 11.5. The molecule has 0 fully saturated rings. The van der Waals surface area contributed by atoms with Crippen LogP contribution in [0, 0.1) is 0 Å². The third-order valence-electron chi connectivity index (χ3n) is 8.00. The van der Waals surface area contributed by atoms with E-state index in [-0.39, 0.29) is 0 Å². The maximum atomic E-state index is 5.01. The Kier molecular flexibility index (Phi) is 6.86. The molecule has 0 amide bonds. The van der Waals surface area contributed by atoms with E-state index >= 15 is 0 Å². The van der Waals surface area contributed by atoms with Crippen LogP contribution in [0.25, 0.3) is 72.6 Å². The third-order valence-corrected chi connectivity index (χ3v) is 9.17. The lowest BCUT2D eigenvalue weighted by molar-refractivity contribution is 1.07. The zero-order chi connectivity index (χ0) is 30.2. The first-order chi connectivity index (χ1) is 22.2. The van der Waals surface area contributed by atoms with E-state index < -0.39 is 0 Å². The van der Waals surface area contributed by atoms with Crippen LogP contribution < -0.4 is 0 Å². The van der Waals surface area contributed by atoms with Gasteiger partial charge < -0.3 is 4.57 Å². The van der Waals surface area contributed by atoms with Crippen LogP contribution in [0.3, 0.4) is 0 Å². The van der Waals surface area contributed by atoms with Crippen LogP contribution in [-0.2, 0) is 0 Å². The SMILES string of the molecule is C=C1/C=C\C=C/C/C=C\c2sc3c4ccc(-c5nc(-c6ccccc6)nc(-c6ccccc6)n5)cc4n(-c4ccccc4)c3c21. The monoisotopic (exact) mass is 596 g/mol. The van der Waals surface area contributed by atoms with Gasteiger partial charge in [0.25, 0.3) is 0 Å². The fourth-order valence-electron chi connectivity index (χ4n) is 5.88. The summed E-state index contributed by atoms with van der Waals surface area (Å²) in [4.78, 5) is 16.1. The first kappa shape index (κ1) is 26.9. The van der Waals surface area contributed by atoms with Gasteiger partial charge in [0.05, 0.1) is 15.7 Å². The van der Waals surface area contributed by atoms with Crippen molar-refractivity contribution in [3.63, 3.8) is 0 Å². The van der Waals surface area contributed by atoms with E-state index in [1.165, 1.54) is 20.5 Å². The zero-order valence-corrected chi connectivity index (χ0v) is 25.3. The molecule has 0 radical (unpaired) electrons. The molecule has 8 rings (SSSR count). The summed E-state index contributed by atoms with van der Waals surface area (Å²) in [6.07, 6.45) is 13.8. The molecule has 0 atom stereocenters. The van der Waals surface area contributed by atoms with E-state index in [0.717, 1.165) is 45.5 Å². The second-order valence-electron chi connectivity index (χ2n) is 10.9. The largest absolute Gasteiger partial charge is 0.308 e. The molecule has 7 aromatic rings. The van der Waals surface area contributed by atoms with Crippen molar-refractivity contribution in [3.8, 4) is 39.9 Å². The molecule has 45 heavy (non-hydrogen) atoms. The number of rotatable bonds is 4. The van der Waals surface area contributed by atoms with Gasteiger partial charge in [-0.1, -0.05) is 128 Å². The molecule has 0 saturated carbocycles. The number of hydrogen-bond donors (Lipinski definition) is 0. The number of aromatic nitrogens is 4. The highest BCUT2D eigenvalue weighted by atomic mass is 32.1. The van der Waals surface area contributed by atoms with Gasteiger partial charge in [-0.3, -0.25) is 0 Å². The van der Waals surface area contributed by atoms with E-state index in [9.17, 15) is 0 Å². The van der Waals surface area contributed by atoms with Crippen molar-refractivity contribution in [2.45, 2.75) is 6.42 Å². The van der Waals surface area contributed by atoms with Gasteiger partial charge in [0.15, 0.2) is 17.5 Å². The Labute approximate surface area is 265 Å². The molecule has 0 saturated heterocycles. The number of nitrogens with zero attached hydrogens (tertiary/aromatic N) is 4. The van der Waals surface area contributed by atoms with Crippen LogP contribution in [0.4, 0.5) is 0 Å². The number of para-hydroxylation sites is 1. The maximum absolute atomic E-state index is 5.01. The van der Waals surface area contributed by atoms with Gasteiger partial charge in [-0.25, -0.2) is 15.0 Å². The van der Waals surface area contributed by atoms with E-state index in [1.807, 2.05) is 72.0 Å². The molecular weight excluding hydrogens is 569 g/mol.